The second-order valence-electron chi connectivity index (χ2n) is 6.99. The highest BCUT2D eigenvalue weighted by Crippen LogP contribution is 2.25. The lowest BCUT2D eigenvalue weighted by atomic mass is 9.94. The van der Waals surface area contributed by atoms with E-state index in [4.69, 9.17) is 0 Å². The Kier molecular flexibility index (Phi) is 6.26. The zero-order valence-corrected chi connectivity index (χ0v) is 15.7. The molecule has 1 heterocycles. The van der Waals surface area contributed by atoms with Gasteiger partial charge >= 0.3 is 0 Å². The molecule has 1 aliphatic heterocycles. The molecule has 148 valence electrons. The first-order chi connectivity index (χ1) is 13.4. The maximum Gasteiger partial charge on any atom is 0.241 e. The molecular weight excluding hydrogens is 361 g/mol. The second-order valence-corrected chi connectivity index (χ2v) is 6.99. The normalized spacial score (nSPS) is 16.4. The van der Waals surface area contributed by atoms with E-state index in [1.807, 2.05) is 11.8 Å². The molecule has 6 nitrogen and oxygen atoms in total. The Bertz CT molecular complexity index is 833. The number of likely N-dealkylation sites (tertiary alicyclic amines) is 1. The van der Waals surface area contributed by atoms with E-state index in [1.165, 1.54) is 30.3 Å². The highest BCUT2D eigenvalue weighted by atomic mass is 19.1. The standard InChI is InChI=1S/C21H24FN3O3/c1-14(20(27)23-17-8-6-16(22)7-9-17)25-12-10-15(11-13-25)21(28)24-18-4-2-3-5-19(18)26/h2-9,14-15,26H,10-13H2,1H3,(H,23,27)(H,24,28)/t14-/m1/s1. The van der Waals surface area contributed by atoms with Gasteiger partial charge in [0.05, 0.1) is 11.7 Å². The molecule has 0 bridgehead atoms. The van der Waals surface area contributed by atoms with Gasteiger partial charge in [0.1, 0.15) is 11.6 Å². The molecule has 0 saturated carbocycles. The second kappa shape index (κ2) is 8.84. The van der Waals surface area contributed by atoms with Crippen LogP contribution in [0.4, 0.5) is 15.8 Å². The summed E-state index contributed by atoms with van der Waals surface area (Å²) in [5.74, 6) is -0.758. The fourth-order valence-corrected chi connectivity index (χ4v) is 3.31. The van der Waals surface area contributed by atoms with Crippen LogP contribution in [-0.2, 0) is 9.59 Å². The van der Waals surface area contributed by atoms with Gasteiger partial charge in [-0.2, -0.15) is 0 Å². The van der Waals surface area contributed by atoms with Gasteiger partial charge in [0.15, 0.2) is 0 Å². The van der Waals surface area contributed by atoms with Crippen LogP contribution in [0.5, 0.6) is 5.75 Å². The average Bonchev–Trinajstić information content (AvgIpc) is 2.71. The zero-order chi connectivity index (χ0) is 20.1. The van der Waals surface area contributed by atoms with Crippen molar-refractivity contribution in [1.29, 1.82) is 0 Å². The van der Waals surface area contributed by atoms with Crippen molar-refractivity contribution in [3.63, 3.8) is 0 Å². The van der Waals surface area contributed by atoms with Crippen LogP contribution in [0.3, 0.4) is 0 Å². The predicted octanol–water partition coefficient (Wildman–Crippen LogP) is 3.21. The van der Waals surface area contributed by atoms with Gasteiger partial charge in [-0.25, -0.2) is 4.39 Å². The third kappa shape index (κ3) is 4.86. The van der Waals surface area contributed by atoms with Gasteiger partial charge in [0.25, 0.3) is 0 Å². The lowest BCUT2D eigenvalue weighted by molar-refractivity contribution is -0.123. The molecule has 28 heavy (non-hydrogen) atoms. The maximum atomic E-state index is 13.0. The molecule has 1 saturated heterocycles. The summed E-state index contributed by atoms with van der Waals surface area (Å²) in [5.41, 5.74) is 0.956. The largest absolute Gasteiger partial charge is 0.506 e. The van der Waals surface area contributed by atoms with Crippen LogP contribution in [0.1, 0.15) is 19.8 Å². The first-order valence-corrected chi connectivity index (χ1v) is 9.33. The number of hydrogen-bond acceptors (Lipinski definition) is 4. The number of anilines is 2. The minimum atomic E-state index is -0.354. The number of rotatable bonds is 5. The number of carbonyl (C=O) groups is 2. The third-order valence-corrected chi connectivity index (χ3v) is 5.10. The summed E-state index contributed by atoms with van der Waals surface area (Å²) < 4.78 is 13.0. The van der Waals surface area contributed by atoms with Gasteiger partial charge in [-0.1, -0.05) is 12.1 Å². The summed E-state index contributed by atoms with van der Waals surface area (Å²) in [6.07, 6.45) is 1.27. The van der Waals surface area contributed by atoms with Crippen LogP contribution in [0.15, 0.2) is 48.5 Å². The highest BCUT2D eigenvalue weighted by Gasteiger charge is 2.30. The van der Waals surface area contributed by atoms with E-state index in [2.05, 4.69) is 10.6 Å². The van der Waals surface area contributed by atoms with Crippen molar-refractivity contribution in [2.45, 2.75) is 25.8 Å². The molecule has 0 spiro atoms. The van der Waals surface area contributed by atoms with E-state index in [0.29, 0.717) is 37.3 Å². The fourth-order valence-electron chi connectivity index (χ4n) is 3.31. The number of nitrogens with one attached hydrogen (secondary N) is 2. The number of amides is 2. The van der Waals surface area contributed by atoms with Crippen LogP contribution in [-0.4, -0.2) is 41.0 Å². The van der Waals surface area contributed by atoms with Crippen molar-refractivity contribution >= 4 is 23.2 Å². The van der Waals surface area contributed by atoms with Crippen LogP contribution < -0.4 is 10.6 Å². The molecular formula is C21H24FN3O3. The SMILES string of the molecule is C[C@H](C(=O)Nc1ccc(F)cc1)N1CCC(C(=O)Nc2ccccc2O)CC1. The Labute approximate surface area is 163 Å². The van der Waals surface area contributed by atoms with Gasteiger partial charge in [-0.3, -0.25) is 14.5 Å². The molecule has 0 unspecified atom stereocenters. The van der Waals surface area contributed by atoms with Gasteiger partial charge in [0.2, 0.25) is 11.8 Å². The first kappa shape index (κ1) is 19.8. The summed E-state index contributed by atoms with van der Waals surface area (Å²) >= 11 is 0. The van der Waals surface area contributed by atoms with E-state index in [-0.39, 0.29) is 35.3 Å². The van der Waals surface area contributed by atoms with Crippen LogP contribution in [0.2, 0.25) is 0 Å². The molecule has 0 radical (unpaired) electrons. The van der Waals surface area contributed by atoms with Crippen LogP contribution >= 0.6 is 0 Å². The Hall–Kier alpha value is -2.93. The summed E-state index contributed by atoms with van der Waals surface area (Å²) in [4.78, 5) is 26.9. The Morgan fingerprint density at radius 3 is 2.36 bits per heavy atom. The topological polar surface area (TPSA) is 81.7 Å². The van der Waals surface area contributed by atoms with E-state index in [0.717, 1.165) is 0 Å². The molecule has 3 N–H and O–H groups in total. The Morgan fingerprint density at radius 2 is 1.71 bits per heavy atom. The van der Waals surface area contributed by atoms with E-state index in [1.54, 1.807) is 18.2 Å². The molecule has 1 aliphatic rings. The summed E-state index contributed by atoms with van der Waals surface area (Å²) in [6, 6.07) is 11.9. The van der Waals surface area contributed by atoms with Crippen molar-refractivity contribution in [3.8, 4) is 5.75 Å². The number of benzene rings is 2. The fraction of sp³-hybridized carbons (Fsp3) is 0.333. The molecule has 2 amide bonds. The molecule has 7 heteroatoms. The first-order valence-electron chi connectivity index (χ1n) is 9.33. The van der Waals surface area contributed by atoms with Crippen molar-refractivity contribution in [3.05, 3.63) is 54.3 Å². The smallest absolute Gasteiger partial charge is 0.241 e. The highest BCUT2D eigenvalue weighted by molar-refractivity contribution is 5.95. The number of nitrogens with zero attached hydrogens (tertiary/aromatic N) is 1. The van der Waals surface area contributed by atoms with Crippen molar-refractivity contribution in [2.75, 3.05) is 23.7 Å². The van der Waals surface area contributed by atoms with Gasteiger partial charge in [0, 0.05) is 11.6 Å². The molecule has 1 atom stereocenters. The van der Waals surface area contributed by atoms with E-state index < -0.39 is 0 Å². The predicted molar refractivity (Wildman–Crippen MR) is 106 cm³/mol. The lowest BCUT2D eigenvalue weighted by Crippen LogP contribution is -2.47. The molecule has 0 aliphatic carbocycles. The van der Waals surface area contributed by atoms with Crippen molar-refractivity contribution in [1.82, 2.24) is 4.90 Å². The molecule has 2 aromatic carbocycles. The van der Waals surface area contributed by atoms with Gasteiger partial charge in [-0.05, 0) is 69.3 Å². The Balaban J connectivity index is 1.50. The van der Waals surface area contributed by atoms with Crippen LogP contribution in [0.25, 0.3) is 0 Å². The molecule has 2 aromatic rings. The number of phenols is 1. The number of carbonyl (C=O) groups excluding carboxylic acids is 2. The number of piperidine rings is 1. The minimum Gasteiger partial charge on any atom is -0.506 e. The summed E-state index contributed by atoms with van der Waals surface area (Å²) in [6.45, 7) is 3.06. The minimum absolute atomic E-state index is 0.0411. The number of para-hydroxylation sites is 2. The molecule has 3 rings (SSSR count). The van der Waals surface area contributed by atoms with Gasteiger partial charge in [-0.15, -0.1) is 0 Å². The number of aromatic hydroxyl groups is 1. The van der Waals surface area contributed by atoms with E-state index in [9.17, 15) is 19.1 Å². The van der Waals surface area contributed by atoms with Crippen molar-refractivity contribution < 1.29 is 19.1 Å². The maximum absolute atomic E-state index is 13.0. The van der Waals surface area contributed by atoms with Crippen molar-refractivity contribution in [2.24, 2.45) is 5.92 Å². The summed E-state index contributed by atoms with van der Waals surface area (Å²) in [5, 5.41) is 15.3. The molecule has 1 fully saturated rings. The van der Waals surface area contributed by atoms with Gasteiger partial charge < -0.3 is 15.7 Å². The lowest BCUT2D eigenvalue weighted by Gasteiger charge is -2.34. The monoisotopic (exact) mass is 385 g/mol. The van der Waals surface area contributed by atoms with Crippen LogP contribution in [0, 0.1) is 11.7 Å². The zero-order valence-electron chi connectivity index (χ0n) is 15.7. The molecule has 0 aromatic heterocycles. The Morgan fingerprint density at radius 1 is 1.07 bits per heavy atom. The average molecular weight is 385 g/mol. The number of phenolic OH excluding ortho intramolecular Hbond substituents is 1. The van der Waals surface area contributed by atoms with E-state index >= 15 is 0 Å². The number of halogens is 1. The summed E-state index contributed by atoms with van der Waals surface area (Å²) in [7, 11) is 0. The number of hydrogen-bond donors (Lipinski definition) is 3. The third-order valence-electron chi connectivity index (χ3n) is 5.10. The quantitative estimate of drug-likeness (QED) is 0.691.